The van der Waals surface area contributed by atoms with Crippen LogP contribution in [0.15, 0.2) is 23.1 Å². The second-order valence-corrected chi connectivity index (χ2v) is 8.45. The van der Waals surface area contributed by atoms with Crippen molar-refractivity contribution in [3.05, 3.63) is 18.2 Å². The Morgan fingerprint density at radius 2 is 1.87 bits per heavy atom. The Balaban J connectivity index is 1.67. The van der Waals surface area contributed by atoms with Gasteiger partial charge in [-0.2, -0.15) is 4.31 Å². The molecule has 1 saturated heterocycles. The summed E-state index contributed by atoms with van der Waals surface area (Å²) in [6.45, 7) is 1.59. The van der Waals surface area contributed by atoms with Gasteiger partial charge in [0.05, 0.1) is 24.7 Å². The monoisotopic (exact) mass is 443 g/mol. The van der Waals surface area contributed by atoms with E-state index in [4.69, 9.17) is 18.9 Å². The van der Waals surface area contributed by atoms with E-state index in [0.29, 0.717) is 37.7 Å². The number of carbonyl (C=O) groups is 2. The molecule has 11 nitrogen and oxygen atoms in total. The number of benzene rings is 1. The third kappa shape index (κ3) is 5.19. The third-order valence-corrected chi connectivity index (χ3v) is 6.39. The number of ether oxygens (including phenoxy) is 4. The molecule has 0 bridgehead atoms. The molecule has 1 aromatic carbocycles. The fourth-order valence-electron chi connectivity index (χ4n) is 3.03. The molecule has 30 heavy (non-hydrogen) atoms. The zero-order valence-corrected chi connectivity index (χ0v) is 17.4. The van der Waals surface area contributed by atoms with Gasteiger partial charge in [-0.05, 0) is 18.6 Å². The van der Waals surface area contributed by atoms with Crippen molar-refractivity contribution >= 4 is 21.8 Å². The number of methoxy groups -OCH3 is 1. The normalized spacial score (nSPS) is 19.2. The fourth-order valence-corrected chi connectivity index (χ4v) is 4.61. The van der Waals surface area contributed by atoms with Crippen LogP contribution in [0, 0.1) is 0 Å². The van der Waals surface area contributed by atoms with Crippen LogP contribution in [0.4, 0.5) is 0 Å². The highest BCUT2D eigenvalue weighted by Gasteiger charge is 2.35. The molecule has 0 radical (unpaired) electrons. The second-order valence-electron chi connectivity index (χ2n) is 6.56. The first-order valence-corrected chi connectivity index (χ1v) is 11.0. The Morgan fingerprint density at radius 3 is 2.63 bits per heavy atom. The second kappa shape index (κ2) is 10.1. The molecule has 1 unspecified atom stereocenters. The molecule has 1 atom stereocenters. The molecule has 0 aliphatic carbocycles. The van der Waals surface area contributed by atoms with Crippen molar-refractivity contribution in [3.63, 3.8) is 0 Å². The summed E-state index contributed by atoms with van der Waals surface area (Å²) in [5.74, 6) is -0.864. The van der Waals surface area contributed by atoms with Gasteiger partial charge in [0.25, 0.3) is 0 Å². The van der Waals surface area contributed by atoms with Gasteiger partial charge in [-0.15, -0.1) is 0 Å². The van der Waals surface area contributed by atoms with Gasteiger partial charge in [-0.1, -0.05) is 0 Å². The van der Waals surface area contributed by atoms with Crippen molar-refractivity contribution in [2.24, 2.45) is 0 Å². The quantitative estimate of drug-likeness (QED) is 0.408. The van der Waals surface area contributed by atoms with Gasteiger partial charge in [0.2, 0.25) is 10.0 Å². The molecule has 1 fully saturated rings. The predicted octanol–water partition coefficient (Wildman–Crippen LogP) is -0.926. The van der Waals surface area contributed by atoms with Crippen LogP contribution in [-0.4, -0.2) is 83.9 Å². The first-order valence-electron chi connectivity index (χ1n) is 9.51. The lowest BCUT2D eigenvalue weighted by Gasteiger charge is -2.34. The summed E-state index contributed by atoms with van der Waals surface area (Å²) in [5, 5.41) is 4.81. The van der Waals surface area contributed by atoms with E-state index in [1.54, 1.807) is 6.07 Å². The molecular weight excluding hydrogens is 418 g/mol. The summed E-state index contributed by atoms with van der Waals surface area (Å²) in [6, 6.07) is 4.40. The SMILES string of the molecule is COCCNC(=O)C(=O)NCC1OCCCN1S(=O)(=O)c1ccc2c(c1)OCCO2. The molecule has 12 heteroatoms. The van der Waals surface area contributed by atoms with Crippen LogP contribution >= 0.6 is 0 Å². The molecule has 0 aromatic heterocycles. The van der Waals surface area contributed by atoms with Crippen molar-refractivity contribution < 1.29 is 37.0 Å². The lowest BCUT2D eigenvalue weighted by Crippen LogP contribution is -2.53. The van der Waals surface area contributed by atoms with Crippen molar-refractivity contribution in [1.82, 2.24) is 14.9 Å². The van der Waals surface area contributed by atoms with E-state index < -0.39 is 28.1 Å². The molecule has 166 valence electrons. The molecule has 2 aliphatic heterocycles. The van der Waals surface area contributed by atoms with Gasteiger partial charge in [-0.3, -0.25) is 9.59 Å². The molecule has 3 rings (SSSR count). The van der Waals surface area contributed by atoms with E-state index in [0.717, 1.165) is 0 Å². The number of amides is 2. The van der Waals surface area contributed by atoms with Crippen LogP contribution in [0.3, 0.4) is 0 Å². The summed E-state index contributed by atoms with van der Waals surface area (Å²) in [5.41, 5.74) is 0. The van der Waals surface area contributed by atoms with Crippen molar-refractivity contribution in [2.45, 2.75) is 17.5 Å². The molecule has 2 amide bonds. The largest absolute Gasteiger partial charge is 0.486 e. The Kier molecular flexibility index (Phi) is 7.48. The first kappa shape index (κ1) is 22.3. The van der Waals surface area contributed by atoms with Crippen LogP contribution in [0.5, 0.6) is 11.5 Å². The lowest BCUT2D eigenvalue weighted by atomic mass is 10.3. The standard InChI is InChI=1S/C18H25N3O8S/c1-26-8-5-19-17(22)18(23)20-12-16-21(6-2-7-29-16)30(24,25)13-3-4-14-15(11-13)28-10-9-27-14/h3-4,11,16H,2,5-10,12H2,1H3,(H,19,22)(H,20,23). The number of rotatable bonds is 7. The maximum absolute atomic E-state index is 13.2. The minimum absolute atomic E-state index is 0.0332. The number of fused-ring (bicyclic) bond motifs is 1. The summed E-state index contributed by atoms with van der Waals surface area (Å²) in [6.07, 6.45) is -0.432. The molecule has 2 heterocycles. The van der Waals surface area contributed by atoms with Gasteiger partial charge in [0.1, 0.15) is 19.4 Å². The van der Waals surface area contributed by atoms with Gasteiger partial charge in [-0.25, -0.2) is 8.42 Å². The molecule has 0 saturated carbocycles. The van der Waals surface area contributed by atoms with E-state index in [1.807, 2.05) is 0 Å². The van der Waals surface area contributed by atoms with E-state index >= 15 is 0 Å². The number of nitrogens with zero attached hydrogens (tertiary/aromatic N) is 1. The smallest absolute Gasteiger partial charge is 0.309 e. The van der Waals surface area contributed by atoms with Crippen LogP contribution in [0.1, 0.15) is 6.42 Å². The molecule has 0 spiro atoms. The number of nitrogens with one attached hydrogen (secondary N) is 2. The van der Waals surface area contributed by atoms with E-state index in [1.165, 1.54) is 23.5 Å². The highest BCUT2D eigenvalue weighted by atomic mass is 32.2. The lowest BCUT2D eigenvalue weighted by molar-refractivity contribution is -0.140. The molecular formula is C18H25N3O8S. The van der Waals surface area contributed by atoms with Gasteiger partial charge in [0, 0.05) is 26.3 Å². The van der Waals surface area contributed by atoms with E-state index in [2.05, 4.69) is 10.6 Å². The zero-order chi connectivity index (χ0) is 21.6. The van der Waals surface area contributed by atoms with Gasteiger partial charge in [0.15, 0.2) is 11.5 Å². The fraction of sp³-hybridized carbons (Fsp3) is 0.556. The van der Waals surface area contributed by atoms with Crippen LogP contribution in [0.25, 0.3) is 0 Å². The summed E-state index contributed by atoms with van der Waals surface area (Å²) < 4.78 is 48.8. The summed E-state index contributed by atoms with van der Waals surface area (Å²) in [7, 11) is -2.45. The third-order valence-electron chi connectivity index (χ3n) is 4.51. The Hall–Kier alpha value is -2.41. The van der Waals surface area contributed by atoms with E-state index in [9.17, 15) is 18.0 Å². The average molecular weight is 443 g/mol. The number of hydrogen-bond acceptors (Lipinski definition) is 8. The molecule has 1 aromatic rings. The van der Waals surface area contributed by atoms with Crippen molar-refractivity contribution in [3.8, 4) is 11.5 Å². The summed E-state index contributed by atoms with van der Waals surface area (Å²) >= 11 is 0. The molecule has 2 N–H and O–H groups in total. The van der Waals surface area contributed by atoms with E-state index in [-0.39, 0.29) is 31.1 Å². The number of carbonyl (C=O) groups excluding carboxylic acids is 2. The van der Waals surface area contributed by atoms with Crippen molar-refractivity contribution in [2.75, 3.05) is 53.2 Å². The maximum atomic E-state index is 13.2. The topological polar surface area (TPSA) is 132 Å². The Labute approximate surface area is 174 Å². The predicted molar refractivity (Wildman–Crippen MR) is 104 cm³/mol. The first-order chi connectivity index (χ1) is 14.4. The van der Waals surface area contributed by atoms with Crippen molar-refractivity contribution in [1.29, 1.82) is 0 Å². The van der Waals surface area contributed by atoms with Crippen LogP contribution < -0.4 is 20.1 Å². The van der Waals surface area contributed by atoms with Gasteiger partial charge < -0.3 is 29.6 Å². The highest BCUT2D eigenvalue weighted by Crippen LogP contribution is 2.34. The van der Waals surface area contributed by atoms with Crippen LogP contribution in [0.2, 0.25) is 0 Å². The number of sulfonamides is 1. The Bertz CT molecular complexity index is 876. The van der Waals surface area contributed by atoms with Crippen LogP contribution in [-0.2, 0) is 29.1 Å². The Morgan fingerprint density at radius 1 is 1.13 bits per heavy atom. The highest BCUT2D eigenvalue weighted by molar-refractivity contribution is 7.89. The minimum atomic E-state index is -3.93. The minimum Gasteiger partial charge on any atom is -0.486 e. The average Bonchev–Trinajstić information content (AvgIpc) is 2.77. The summed E-state index contributed by atoms with van der Waals surface area (Å²) in [4.78, 5) is 23.7. The van der Waals surface area contributed by atoms with Gasteiger partial charge >= 0.3 is 11.8 Å². The number of hydrogen-bond donors (Lipinski definition) is 2. The zero-order valence-electron chi connectivity index (χ0n) is 16.6. The molecule has 2 aliphatic rings. The maximum Gasteiger partial charge on any atom is 0.309 e.